The van der Waals surface area contributed by atoms with Gasteiger partial charge in [0.2, 0.25) is 0 Å². The van der Waals surface area contributed by atoms with Crippen LogP contribution >= 0.6 is 11.8 Å². The summed E-state index contributed by atoms with van der Waals surface area (Å²) >= 11 is 1.76. The van der Waals surface area contributed by atoms with Crippen molar-refractivity contribution in [1.82, 2.24) is 0 Å². The summed E-state index contributed by atoms with van der Waals surface area (Å²) in [5.41, 5.74) is 7.58. The van der Waals surface area contributed by atoms with Gasteiger partial charge in [-0.25, -0.2) is 0 Å². The van der Waals surface area contributed by atoms with Crippen LogP contribution in [0.4, 0.5) is 5.69 Å². The maximum absolute atomic E-state index is 5.61. The van der Waals surface area contributed by atoms with Gasteiger partial charge in [-0.3, -0.25) is 0 Å². The Kier molecular flexibility index (Phi) is 4.78. The monoisotopic (exact) mass is 217 g/mol. The molecule has 0 aliphatic carbocycles. The van der Waals surface area contributed by atoms with Crippen LogP contribution in [0.25, 0.3) is 0 Å². The van der Waals surface area contributed by atoms with Crippen LogP contribution in [0, 0.1) is 0 Å². The molecule has 0 radical (unpaired) electrons. The minimum Gasteiger partial charge on any atom is -0.399 e. The second kappa shape index (κ2) is 6.14. The van der Waals surface area contributed by atoms with E-state index in [4.69, 9.17) is 5.73 Å². The first kappa shape index (κ1) is 11.7. The van der Waals surface area contributed by atoms with Crippen molar-refractivity contribution in [2.45, 2.75) is 4.90 Å². The van der Waals surface area contributed by atoms with Gasteiger partial charge in [0.1, 0.15) is 0 Å². The molecule has 0 saturated carbocycles. The summed E-state index contributed by atoms with van der Waals surface area (Å²) in [7, 11) is 0. The molecule has 0 aliphatic rings. The van der Waals surface area contributed by atoms with Crippen LogP contribution in [0.3, 0.4) is 0 Å². The average molecular weight is 217 g/mol. The van der Waals surface area contributed by atoms with Crippen molar-refractivity contribution in [3.05, 3.63) is 61.2 Å². The zero-order valence-corrected chi connectivity index (χ0v) is 9.46. The standard InChI is InChI=1S/C13H15NS/c1-3-5-11(4-2)10-15-13-8-6-12(14)7-9-13/h3-9H,1-2,10,14H2/b11-5+. The van der Waals surface area contributed by atoms with Crippen LogP contribution < -0.4 is 5.73 Å². The molecule has 0 fully saturated rings. The normalized spacial score (nSPS) is 11.1. The Morgan fingerprint density at radius 1 is 1.27 bits per heavy atom. The van der Waals surface area contributed by atoms with E-state index in [1.807, 2.05) is 36.4 Å². The van der Waals surface area contributed by atoms with Crippen molar-refractivity contribution >= 4 is 17.4 Å². The van der Waals surface area contributed by atoms with E-state index in [-0.39, 0.29) is 0 Å². The Morgan fingerprint density at radius 2 is 1.93 bits per heavy atom. The van der Waals surface area contributed by atoms with E-state index in [1.165, 1.54) is 10.5 Å². The number of nitrogens with two attached hydrogens (primary N) is 1. The van der Waals surface area contributed by atoms with Crippen molar-refractivity contribution in [2.24, 2.45) is 0 Å². The second-order valence-electron chi connectivity index (χ2n) is 3.04. The summed E-state index contributed by atoms with van der Waals surface area (Å²) < 4.78 is 0. The van der Waals surface area contributed by atoms with Gasteiger partial charge in [-0.05, 0) is 29.8 Å². The third-order valence-electron chi connectivity index (χ3n) is 1.88. The SMILES string of the molecule is C=C/C=C(\C=C)CSc1ccc(N)cc1. The number of nitrogen functional groups attached to an aromatic ring is 1. The fraction of sp³-hybridized carbons (Fsp3) is 0.0769. The molecule has 0 saturated heterocycles. The van der Waals surface area contributed by atoms with Gasteiger partial charge in [-0.15, -0.1) is 11.8 Å². The molecule has 0 unspecified atom stereocenters. The van der Waals surface area contributed by atoms with Gasteiger partial charge in [0, 0.05) is 16.3 Å². The average Bonchev–Trinajstić information content (AvgIpc) is 2.26. The number of rotatable bonds is 5. The largest absolute Gasteiger partial charge is 0.399 e. The first-order valence-electron chi connectivity index (χ1n) is 4.68. The zero-order valence-electron chi connectivity index (χ0n) is 8.65. The smallest absolute Gasteiger partial charge is 0.0314 e. The number of allylic oxidation sites excluding steroid dienone is 3. The molecule has 2 heteroatoms. The van der Waals surface area contributed by atoms with Crippen molar-refractivity contribution in [3.8, 4) is 0 Å². The van der Waals surface area contributed by atoms with Crippen molar-refractivity contribution < 1.29 is 0 Å². The predicted molar refractivity (Wildman–Crippen MR) is 70.1 cm³/mol. The number of hydrogen-bond acceptors (Lipinski definition) is 2. The van der Waals surface area contributed by atoms with Crippen LogP contribution in [-0.2, 0) is 0 Å². The highest BCUT2D eigenvalue weighted by Crippen LogP contribution is 2.21. The Hall–Kier alpha value is -1.41. The molecule has 0 aromatic heterocycles. The van der Waals surface area contributed by atoms with E-state index in [9.17, 15) is 0 Å². The maximum atomic E-state index is 5.61. The first-order chi connectivity index (χ1) is 7.26. The highest BCUT2D eigenvalue weighted by atomic mass is 32.2. The number of thioether (sulfide) groups is 1. The molecular formula is C13H15NS. The van der Waals surface area contributed by atoms with E-state index < -0.39 is 0 Å². The summed E-state index contributed by atoms with van der Waals surface area (Å²) in [5.74, 6) is 0.902. The topological polar surface area (TPSA) is 26.0 Å². The summed E-state index contributed by atoms with van der Waals surface area (Å²) in [6.07, 6.45) is 5.60. The summed E-state index contributed by atoms with van der Waals surface area (Å²) in [5, 5.41) is 0. The van der Waals surface area contributed by atoms with Crippen LogP contribution in [-0.4, -0.2) is 5.75 Å². The molecule has 0 heterocycles. The van der Waals surface area contributed by atoms with Crippen molar-refractivity contribution in [3.63, 3.8) is 0 Å². The molecule has 1 nitrogen and oxygen atoms in total. The van der Waals surface area contributed by atoms with Gasteiger partial charge in [-0.2, -0.15) is 0 Å². The number of anilines is 1. The van der Waals surface area contributed by atoms with Crippen LogP contribution in [0.2, 0.25) is 0 Å². The van der Waals surface area contributed by atoms with Gasteiger partial charge in [0.05, 0.1) is 0 Å². The molecule has 2 N–H and O–H groups in total. The Labute approximate surface area is 95.4 Å². The third kappa shape index (κ3) is 4.09. The lowest BCUT2D eigenvalue weighted by molar-refractivity contribution is 1.44. The first-order valence-corrected chi connectivity index (χ1v) is 5.67. The summed E-state index contributed by atoms with van der Waals surface area (Å²) in [6, 6.07) is 7.86. The number of benzene rings is 1. The lowest BCUT2D eigenvalue weighted by Gasteiger charge is -2.02. The molecule has 0 spiro atoms. The lowest BCUT2D eigenvalue weighted by Crippen LogP contribution is -1.85. The van der Waals surface area contributed by atoms with E-state index >= 15 is 0 Å². The Bertz CT molecular complexity index is 363. The van der Waals surface area contributed by atoms with E-state index in [0.29, 0.717) is 0 Å². The molecule has 1 aromatic rings. The molecule has 78 valence electrons. The third-order valence-corrected chi connectivity index (χ3v) is 2.96. The molecule has 0 amide bonds. The highest BCUT2D eigenvalue weighted by Gasteiger charge is 1.95. The van der Waals surface area contributed by atoms with E-state index in [0.717, 1.165) is 11.4 Å². The van der Waals surface area contributed by atoms with Gasteiger partial charge < -0.3 is 5.73 Å². The molecule has 0 bridgehead atoms. The molecule has 0 aliphatic heterocycles. The van der Waals surface area contributed by atoms with Crippen molar-refractivity contribution in [1.29, 1.82) is 0 Å². The number of hydrogen-bond donors (Lipinski definition) is 1. The van der Waals surface area contributed by atoms with E-state index in [1.54, 1.807) is 17.8 Å². The van der Waals surface area contributed by atoms with Gasteiger partial charge in [-0.1, -0.05) is 31.4 Å². The summed E-state index contributed by atoms with van der Waals surface area (Å²) in [4.78, 5) is 1.21. The minimum atomic E-state index is 0.796. The Balaban J connectivity index is 2.56. The van der Waals surface area contributed by atoms with Gasteiger partial charge >= 0.3 is 0 Å². The maximum Gasteiger partial charge on any atom is 0.0314 e. The predicted octanol–water partition coefficient (Wildman–Crippen LogP) is 3.66. The second-order valence-corrected chi connectivity index (χ2v) is 4.09. The molecule has 1 aromatic carbocycles. The molecule has 1 rings (SSSR count). The molecule has 0 atom stereocenters. The van der Waals surface area contributed by atoms with E-state index in [2.05, 4.69) is 13.2 Å². The summed E-state index contributed by atoms with van der Waals surface area (Å²) in [6.45, 7) is 7.42. The minimum absolute atomic E-state index is 0.796. The van der Waals surface area contributed by atoms with Crippen molar-refractivity contribution in [2.75, 3.05) is 11.5 Å². The fourth-order valence-electron chi connectivity index (χ4n) is 1.06. The van der Waals surface area contributed by atoms with Crippen LogP contribution in [0.5, 0.6) is 0 Å². The Morgan fingerprint density at radius 3 is 2.47 bits per heavy atom. The van der Waals surface area contributed by atoms with Crippen LogP contribution in [0.1, 0.15) is 0 Å². The van der Waals surface area contributed by atoms with Gasteiger partial charge in [0.15, 0.2) is 0 Å². The highest BCUT2D eigenvalue weighted by molar-refractivity contribution is 7.99. The molecule has 15 heavy (non-hydrogen) atoms. The molecular weight excluding hydrogens is 202 g/mol. The quantitative estimate of drug-likeness (QED) is 0.463. The zero-order chi connectivity index (χ0) is 11.1. The fourth-order valence-corrected chi connectivity index (χ4v) is 1.93. The lowest BCUT2D eigenvalue weighted by atomic mass is 10.3. The van der Waals surface area contributed by atoms with Gasteiger partial charge in [0.25, 0.3) is 0 Å². The van der Waals surface area contributed by atoms with Crippen LogP contribution in [0.15, 0.2) is 66.1 Å².